The normalized spacial score (nSPS) is 14.3. The lowest BCUT2D eigenvalue weighted by molar-refractivity contribution is -0.120. The first-order chi connectivity index (χ1) is 12.7. The molecule has 1 aromatic heterocycles. The molecule has 0 atom stereocenters. The number of morpholine rings is 1. The predicted molar refractivity (Wildman–Crippen MR) is 106 cm³/mol. The van der Waals surface area contributed by atoms with Crippen LogP contribution in [0.5, 0.6) is 0 Å². The average Bonchev–Trinajstić information content (AvgIpc) is 2.69. The van der Waals surface area contributed by atoms with Crippen molar-refractivity contribution in [3.05, 3.63) is 53.2 Å². The van der Waals surface area contributed by atoms with Crippen LogP contribution >= 0.6 is 23.4 Å². The minimum atomic E-state index is 0.0295. The van der Waals surface area contributed by atoms with Crippen LogP contribution in [0, 0.1) is 0 Å². The van der Waals surface area contributed by atoms with Gasteiger partial charge in [0.15, 0.2) is 0 Å². The molecule has 5 nitrogen and oxygen atoms in total. The number of nitrogens with one attached hydrogen (secondary N) is 1. The van der Waals surface area contributed by atoms with Gasteiger partial charge in [0.25, 0.3) is 0 Å². The molecule has 0 bridgehead atoms. The third kappa shape index (κ3) is 5.62. The number of carbonyl (C=O) groups excluding carboxylic acids is 1. The maximum atomic E-state index is 12.0. The molecule has 138 valence electrons. The zero-order valence-corrected chi connectivity index (χ0v) is 16.1. The molecule has 7 heteroatoms. The number of pyridine rings is 1. The van der Waals surface area contributed by atoms with Gasteiger partial charge in [-0.05, 0) is 23.8 Å². The molecule has 0 spiro atoms. The molecule has 26 heavy (non-hydrogen) atoms. The van der Waals surface area contributed by atoms with Crippen molar-refractivity contribution < 1.29 is 9.53 Å². The summed E-state index contributed by atoms with van der Waals surface area (Å²) in [5.74, 6) is 1.69. The molecule has 0 unspecified atom stereocenters. The Labute approximate surface area is 163 Å². The molecule has 1 aliphatic heterocycles. The Hall–Kier alpha value is -1.76. The standard InChI is InChI=1S/C19H22ClN3O2S/c20-16-3-1-2-4-17(16)26-12-7-19(24)22-14-15-5-6-18(21-13-15)23-8-10-25-11-9-23/h1-6,13H,7-12,14H2,(H,22,24). The summed E-state index contributed by atoms with van der Waals surface area (Å²) in [5, 5.41) is 3.67. The topological polar surface area (TPSA) is 54.5 Å². The third-order valence-electron chi connectivity index (χ3n) is 4.06. The van der Waals surface area contributed by atoms with Gasteiger partial charge in [-0.3, -0.25) is 4.79 Å². The van der Waals surface area contributed by atoms with E-state index in [0.717, 1.165) is 47.6 Å². The number of hydrogen-bond acceptors (Lipinski definition) is 5. The summed E-state index contributed by atoms with van der Waals surface area (Å²) in [6.07, 6.45) is 2.28. The van der Waals surface area contributed by atoms with E-state index in [0.29, 0.717) is 18.7 Å². The largest absolute Gasteiger partial charge is 0.378 e. The van der Waals surface area contributed by atoms with Gasteiger partial charge in [-0.25, -0.2) is 4.98 Å². The molecule has 1 saturated heterocycles. The van der Waals surface area contributed by atoms with E-state index in [-0.39, 0.29) is 5.91 Å². The van der Waals surface area contributed by atoms with Crippen molar-refractivity contribution in [3.8, 4) is 0 Å². The van der Waals surface area contributed by atoms with E-state index >= 15 is 0 Å². The number of anilines is 1. The Kier molecular flexibility index (Phi) is 7.17. The van der Waals surface area contributed by atoms with Crippen molar-refractivity contribution in [1.82, 2.24) is 10.3 Å². The van der Waals surface area contributed by atoms with Crippen LogP contribution in [0.25, 0.3) is 0 Å². The van der Waals surface area contributed by atoms with E-state index in [1.807, 2.05) is 42.6 Å². The van der Waals surface area contributed by atoms with Gasteiger partial charge in [-0.1, -0.05) is 29.8 Å². The van der Waals surface area contributed by atoms with Crippen molar-refractivity contribution in [3.63, 3.8) is 0 Å². The highest BCUT2D eigenvalue weighted by Crippen LogP contribution is 2.26. The van der Waals surface area contributed by atoms with Crippen molar-refractivity contribution in [2.24, 2.45) is 0 Å². The first-order valence-corrected chi connectivity index (χ1v) is 10.0. The summed E-state index contributed by atoms with van der Waals surface area (Å²) in [7, 11) is 0. The number of carbonyl (C=O) groups is 1. The molecule has 0 aliphatic carbocycles. The van der Waals surface area contributed by atoms with Gasteiger partial charge >= 0.3 is 0 Å². The van der Waals surface area contributed by atoms with E-state index in [1.54, 1.807) is 11.8 Å². The number of amides is 1. The van der Waals surface area contributed by atoms with Crippen LogP contribution in [0.4, 0.5) is 5.82 Å². The van der Waals surface area contributed by atoms with Gasteiger partial charge in [0.1, 0.15) is 5.82 Å². The van der Waals surface area contributed by atoms with Gasteiger partial charge in [0, 0.05) is 42.9 Å². The second-order valence-electron chi connectivity index (χ2n) is 5.93. The van der Waals surface area contributed by atoms with Gasteiger partial charge < -0.3 is 15.0 Å². The fraction of sp³-hybridized carbons (Fsp3) is 0.368. The van der Waals surface area contributed by atoms with Gasteiger partial charge in [0.05, 0.1) is 18.2 Å². The van der Waals surface area contributed by atoms with Crippen LogP contribution in [-0.4, -0.2) is 42.9 Å². The lowest BCUT2D eigenvalue weighted by Gasteiger charge is -2.27. The van der Waals surface area contributed by atoms with Crippen LogP contribution < -0.4 is 10.2 Å². The van der Waals surface area contributed by atoms with E-state index < -0.39 is 0 Å². The zero-order chi connectivity index (χ0) is 18.2. The SMILES string of the molecule is O=C(CCSc1ccccc1Cl)NCc1ccc(N2CCOCC2)nc1. The number of thioether (sulfide) groups is 1. The monoisotopic (exact) mass is 391 g/mol. The van der Waals surface area contributed by atoms with Crippen molar-refractivity contribution in [1.29, 1.82) is 0 Å². The molecule has 3 rings (SSSR count). The molecule has 1 aromatic carbocycles. The van der Waals surface area contributed by atoms with Crippen molar-refractivity contribution in [2.75, 3.05) is 37.0 Å². The maximum absolute atomic E-state index is 12.0. The summed E-state index contributed by atoms with van der Waals surface area (Å²) < 4.78 is 5.35. The Balaban J connectivity index is 1.39. The Morgan fingerprint density at radius 2 is 2.04 bits per heavy atom. The zero-order valence-electron chi connectivity index (χ0n) is 14.5. The van der Waals surface area contributed by atoms with Crippen LogP contribution in [-0.2, 0) is 16.1 Å². The first-order valence-electron chi connectivity index (χ1n) is 8.64. The van der Waals surface area contributed by atoms with E-state index in [2.05, 4.69) is 15.2 Å². The van der Waals surface area contributed by atoms with Gasteiger partial charge in [-0.15, -0.1) is 11.8 Å². The Bertz CT molecular complexity index is 721. The number of nitrogens with zero attached hydrogens (tertiary/aromatic N) is 2. The molecule has 0 saturated carbocycles. The van der Waals surface area contributed by atoms with Gasteiger partial charge in [0.2, 0.25) is 5.91 Å². The summed E-state index contributed by atoms with van der Waals surface area (Å²) in [6.45, 7) is 3.71. The molecule has 1 N–H and O–H groups in total. The van der Waals surface area contributed by atoms with E-state index in [4.69, 9.17) is 16.3 Å². The summed E-state index contributed by atoms with van der Waals surface area (Å²) >= 11 is 7.70. The highest BCUT2D eigenvalue weighted by atomic mass is 35.5. The van der Waals surface area contributed by atoms with Crippen molar-refractivity contribution in [2.45, 2.75) is 17.9 Å². The number of hydrogen-bond donors (Lipinski definition) is 1. The number of aromatic nitrogens is 1. The van der Waals surface area contributed by atoms with Gasteiger partial charge in [-0.2, -0.15) is 0 Å². The van der Waals surface area contributed by atoms with E-state index in [1.165, 1.54) is 0 Å². The fourth-order valence-corrected chi connectivity index (χ4v) is 3.79. The second kappa shape index (κ2) is 9.80. The fourth-order valence-electron chi connectivity index (χ4n) is 2.61. The number of benzene rings is 1. The predicted octanol–water partition coefficient (Wildman–Crippen LogP) is 3.37. The smallest absolute Gasteiger partial charge is 0.221 e. The number of ether oxygens (including phenoxy) is 1. The number of rotatable bonds is 7. The maximum Gasteiger partial charge on any atom is 0.221 e. The van der Waals surface area contributed by atoms with Crippen LogP contribution in [0.1, 0.15) is 12.0 Å². The van der Waals surface area contributed by atoms with Crippen LogP contribution in [0.15, 0.2) is 47.5 Å². The third-order valence-corrected chi connectivity index (χ3v) is 5.57. The summed E-state index contributed by atoms with van der Waals surface area (Å²) in [6, 6.07) is 11.7. The molecule has 1 fully saturated rings. The molecular weight excluding hydrogens is 370 g/mol. The Morgan fingerprint density at radius 1 is 1.23 bits per heavy atom. The van der Waals surface area contributed by atoms with Crippen molar-refractivity contribution >= 4 is 35.1 Å². The minimum Gasteiger partial charge on any atom is -0.378 e. The lowest BCUT2D eigenvalue weighted by Crippen LogP contribution is -2.36. The Morgan fingerprint density at radius 3 is 2.77 bits per heavy atom. The molecule has 0 radical (unpaired) electrons. The molecule has 2 aromatic rings. The average molecular weight is 392 g/mol. The number of halogens is 1. The second-order valence-corrected chi connectivity index (χ2v) is 7.47. The quantitative estimate of drug-likeness (QED) is 0.733. The highest BCUT2D eigenvalue weighted by molar-refractivity contribution is 7.99. The van der Waals surface area contributed by atoms with E-state index in [9.17, 15) is 4.79 Å². The molecular formula is C19H22ClN3O2S. The molecule has 2 heterocycles. The summed E-state index contributed by atoms with van der Waals surface area (Å²) in [4.78, 5) is 19.7. The first kappa shape index (κ1) is 19.0. The molecule has 1 amide bonds. The lowest BCUT2D eigenvalue weighted by atomic mass is 10.2. The summed E-state index contributed by atoms with van der Waals surface area (Å²) in [5.41, 5.74) is 0.995. The van der Waals surface area contributed by atoms with Crippen LogP contribution in [0.3, 0.4) is 0 Å². The highest BCUT2D eigenvalue weighted by Gasteiger charge is 2.12. The van der Waals surface area contributed by atoms with Crippen LogP contribution in [0.2, 0.25) is 5.02 Å². The minimum absolute atomic E-state index is 0.0295. The molecule has 1 aliphatic rings.